The average molecular weight is 627 g/mol. The summed E-state index contributed by atoms with van der Waals surface area (Å²) < 4.78 is 44.7. The van der Waals surface area contributed by atoms with Crippen LogP contribution in [0.25, 0.3) is 0 Å². The lowest BCUT2D eigenvalue weighted by Crippen LogP contribution is -2.46. The molecule has 0 aliphatic rings. The molecule has 1 unspecified atom stereocenters. The molecule has 9 nitrogen and oxygen atoms in total. The van der Waals surface area contributed by atoms with Crippen molar-refractivity contribution >= 4 is 22.6 Å². The Balaban J connectivity index is -0.00000722. The lowest BCUT2D eigenvalue weighted by molar-refractivity contribution is -0.138. The Kier molecular flexibility index (Phi) is 32.2. The Morgan fingerprint density at radius 3 is 1.49 bits per heavy atom. The maximum Gasteiger partial charge on any atom is 0.333 e. The molecule has 248 valence electrons. The summed E-state index contributed by atoms with van der Waals surface area (Å²) in [6.07, 6.45) is 4.23. The maximum absolute atomic E-state index is 11.6. The zero-order valence-electron chi connectivity index (χ0n) is 25.8. The molecule has 0 bridgehead atoms. The van der Waals surface area contributed by atoms with Crippen molar-refractivity contribution in [2.45, 2.75) is 92.2 Å². The zero-order chi connectivity index (χ0) is 29.2. The van der Waals surface area contributed by atoms with Crippen LogP contribution in [0.3, 0.4) is 0 Å². The minimum Gasteiger partial charge on any atom is -0.462 e. The highest BCUT2D eigenvalue weighted by molar-refractivity contribution is 6.85. The van der Waals surface area contributed by atoms with Crippen molar-refractivity contribution in [3.05, 3.63) is 12.2 Å². The molecule has 0 aliphatic carbocycles. The van der Waals surface area contributed by atoms with E-state index in [0.29, 0.717) is 78.2 Å². The molecule has 0 N–H and O–H groups in total. The predicted octanol–water partition coefficient (Wildman–Crippen LogP) is 6.48. The normalized spacial score (nSPS) is 12.7. The Bertz CT molecular complexity index is 609. The van der Waals surface area contributed by atoms with E-state index in [2.05, 4.69) is 33.1 Å². The topological polar surface area (TPSA) is 90.9 Å². The van der Waals surface area contributed by atoms with Gasteiger partial charge in [-0.25, -0.2) is 4.79 Å². The van der Waals surface area contributed by atoms with Crippen LogP contribution in [0.15, 0.2) is 12.2 Å². The summed E-state index contributed by atoms with van der Waals surface area (Å²) >= 11 is 0. The van der Waals surface area contributed by atoms with E-state index < -0.39 is 16.6 Å². The predicted molar refractivity (Wildman–Crippen MR) is 174 cm³/mol. The summed E-state index contributed by atoms with van der Waals surface area (Å²) in [5.41, 5.74) is 0.443. The third-order valence-electron chi connectivity index (χ3n) is 6.00. The first kappa shape index (κ1) is 44.8. The molecule has 11 heteroatoms. The van der Waals surface area contributed by atoms with Crippen molar-refractivity contribution in [1.29, 1.82) is 0 Å². The number of carbonyl (C=O) groups excluding carboxylic acids is 1. The molecule has 0 aliphatic heterocycles. The van der Waals surface area contributed by atoms with Gasteiger partial charge in [-0.2, -0.15) is 0 Å². The van der Waals surface area contributed by atoms with E-state index >= 15 is 0 Å². The Hall–Kier alpha value is -0.636. The Morgan fingerprint density at radius 2 is 1.05 bits per heavy atom. The lowest BCUT2D eigenvalue weighted by Gasteiger charge is -2.37. The standard InChI is InChI=1S/C28H58O9Si2.2CH4/c1-8-9-25-39(7,37-38(5,6)24-11-13-36-28(29)27(2)3)26-10-12-31-16-17-33-20-21-35-23-22-34-19-18-32-15-14-30-4;;/h2,8-26H2,1,3-7H3;2*1H4. The molecule has 0 aromatic rings. The summed E-state index contributed by atoms with van der Waals surface area (Å²) in [6.45, 7) is 21.3. The molecule has 41 heavy (non-hydrogen) atoms. The van der Waals surface area contributed by atoms with Crippen LogP contribution in [-0.4, -0.2) is 109 Å². The SMILES string of the molecule is C.C.C=C(C)C(=O)OCCC[Si](C)(C)O[Si](C)(CCCC)CCCOCCOCCOCCOCCOCCOC. The minimum atomic E-state index is -1.84. The van der Waals surface area contributed by atoms with E-state index in [1.807, 2.05) is 0 Å². The third kappa shape index (κ3) is 29.2. The van der Waals surface area contributed by atoms with Crippen molar-refractivity contribution in [2.24, 2.45) is 0 Å². The molecule has 1 atom stereocenters. The first-order valence-corrected chi connectivity index (χ1v) is 20.5. The van der Waals surface area contributed by atoms with E-state index in [1.54, 1.807) is 14.0 Å². The van der Waals surface area contributed by atoms with E-state index in [9.17, 15) is 4.79 Å². The van der Waals surface area contributed by atoms with Gasteiger partial charge in [-0.3, -0.25) is 0 Å². The Labute approximate surface area is 255 Å². The number of hydrogen-bond acceptors (Lipinski definition) is 9. The molecular formula is C30H66O9Si2. The smallest absolute Gasteiger partial charge is 0.333 e. The van der Waals surface area contributed by atoms with Gasteiger partial charge < -0.3 is 37.3 Å². The highest BCUT2D eigenvalue weighted by Gasteiger charge is 2.35. The second-order valence-electron chi connectivity index (χ2n) is 10.6. The number of carbonyl (C=O) groups is 1. The molecule has 0 radical (unpaired) electrons. The van der Waals surface area contributed by atoms with Gasteiger partial charge in [-0.15, -0.1) is 0 Å². The minimum absolute atomic E-state index is 0. The fourth-order valence-corrected chi connectivity index (χ4v) is 13.8. The first-order chi connectivity index (χ1) is 18.7. The van der Waals surface area contributed by atoms with Crippen LogP contribution in [0.1, 0.15) is 54.4 Å². The summed E-state index contributed by atoms with van der Waals surface area (Å²) in [7, 11) is -2.02. The number of rotatable bonds is 29. The summed E-state index contributed by atoms with van der Waals surface area (Å²) in [6, 6.07) is 3.27. The van der Waals surface area contributed by atoms with Gasteiger partial charge in [0.25, 0.3) is 0 Å². The quantitative estimate of drug-likeness (QED) is 0.0400. The second-order valence-corrected chi connectivity index (χ2v) is 19.3. The monoisotopic (exact) mass is 626 g/mol. The van der Waals surface area contributed by atoms with Gasteiger partial charge in [-0.05, 0) is 57.5 Å². The van der Waals surface area contributed by atoms with E-state index in [4.69, 9.17) is 37.3 Å². The fourth-order valence-electron chi connectivity index (χ4n) is 3.95. The first-order valence-electron chi connectivity index (χ1n) is 14.6. The number of esters is 1. The van der Waals surface area contributed by atoms with Gasteiger partial charge in [0, 0.05) is 19.3 Å². The van der Waals surface area contributed by atoms with E-state index in [1.165, 1.54) is 18.9 Å². The van der Waals surface area contributed by atoms with Crippen LogP contribution in [0.4, 0.5) is 0 Å². The molecule has 0 fully saturated rings. The van der Waals surface area contributed by atoms with Gasteiger partial charge in [0.1, 0.15) is 0 Å². The number of methoxy groups -OCH3 is 1. The number of hydrogen-bond donors (Lipinski definition) is 0. The molecule has 0 aromatic heterocycles. The van der Waals surface area contributed by atoms with Crippen LogP contribution in [-0.2, 0) is 42.1 Å². The van der Waals surface area contributed by atoms with E-state index in [0.717, 1.165) is 31.5 Å². The molecule has 0 saturated carbocycles. The fraction of sp³-hybridized carbons (Fsp3) is 0.900. The lowest BCUT2D eigenvalue weighted by atomic mass is 10.4. The van der Waals surface area contributed by atoms with Crippen molar-refractivity contribution < 1.29 is 42.1 Å². The van der Waals surface area contributed by atoms with Crippen LogP contribution in [0.5, 0.6) is 0 Å². The van der Waals surface area contributed by atoms with Gasteiger partial charge in [-0.1, -0.05) is 41.2 Å². The molecule has 0 heterocycles. The van der Waals surface area contributed by atoms with Gasteiger partial charge in [0.05, 0.1) is 72.7 Å². The summed E-state index contributed by atoms with van der Waals surface area (Å²) in [5.74, 6) is -0.311. The highest BCUT2D eigenvalue weighted by Crippen LogP contribution is 2.28. The van der Waals surface area contributed by atoms with Gasteiger partial charge >= 0.3 is 5.97 Å². The maximum atomic E-state index is 11.6. The molecule has 0 spiro atoms. The zero-order valence-corrected chi connectivity index (χ0v) is 27.8. The van der Waals surface area contributed by atoms with Crippen LogP contribution >= 0.6 is 0 Å². The van der Waals surface area contributed by atoms with Gasteiger partial charge in [0.2, 0.25) is 0 Å². The molecule has 0 amide bonds. The summed E-state index contributed by atoms with van der Waals surface area (Å²) in [4.78, 5) is 11.6. The largest absolute Gasteiger partial charge is 0.462 e. The molecular weight excluding hydrogens is 560 g/mol. The number of unbranched alkanes of at least 4 members (excludes halogenated alkanes) is 1. The van der Waals surface area contributed by atoms with Crippen molar-refractivity contribution in [1.82, 2.24) is 0 Å². The highest BCUT2D eigenvalue weighted by atomic mass is 28.4. The average Bonchev–Trinajstić information content (AvgIpc) is 2.88. The third-order valence-corrected chi connectivity index (χ3v) is 14.6. The Morgan fingerprint density at radius 1 is 0.634 bits per heavy atom. The molecule has 0 saturated heterocycles. The van der Waals surface area contributed by atoms with Crippen LogP contribution < -0.4 is 0 Å². The van der Waals surface area contributed by atoms with Crippen LogP contribution in [0.2, 0.25) is 37.8 Å². The van der Waals surface area contributed by atoms with Crippen LogP contribution in [0, 0.1) is 0 Å². The van der Waals surface area contributed by atoms with Crippen molar-refractivity contribution in [3.63, 3.8) is 0 Å². The molecule has 0 aromatic carbocycles. The molecule has 0 rings (SSSR count). The van der Waals surface area contributed by atoms with E-state index in [-0.39, 0.29) is 20.8 Å². The van der Waals surface area contributed by atoms with Gasteiger partial charge in [0.15, 0.2) is 16.6 Å². The van der Waals surface area contributed by atoms with Crippen molar-refractivity contribution in [3.8, 4) is 0 Å². The van der Waals surface area contributed by atoms with Crippen molar-refractivity contribution in [2.75, 3.05) is 86.4 Å². The summed E-state index contributed by atoms with van der Waals surface area (Å²) in [5, 5.41) is 0. The number of ether oxygens (including phenoxy) is 7. The second kappa shape index (κ2) is 29.4.